The van der Waals surface area contributed by atoms with Crippen LogP contribution < -0.4 is 54.4 Å². The molecule has 25 nitrogen and oxygen atoms in total. The van der Waals surface area contributed by atoms with E-state index in [0.29, 0.717) is 60.8 Å². The van der Waals surface area contributed by atoms with Gasteiger partial charge in [-0.15, -0.1) is 0 Å². The molecule has 0 radical (unpaired) electrons. The second-order valence-corrected chi connectivity index (χ2v) is 18.0. The van der Waals surface area contributed by atoms with Gasteiger partial charge in [-0.1, -0.05) is 50.6 Å². The molecule has 2 aromatic carbocycles. The van der Waals surface area contributed by atoms with Gasteiger partial charge in [-0.25, -0.2) is 4.79 Å². The monoisotopic (exact) mass is 1030 g/mol. The van der Waals surface area contributed by atoms with E-state index in [0.717, 1.165) is 6.92 Å². The minimum absolute atomic E-state index is 0.0591. The summed E-state index contributed by atoms with van der Waals surface area (Å²) in [6.45, 7) is 3.85. The van der Waals surface area contributed by atoms with Crippen LogP contribution in [0.15, 0.2) is 54.7 Å². The van der Waals surface area contributed by atoms with Crippen LogP contribution in [-0.4, -0.2) is 158 Å². The van der Waals surface area contributed by atoms with Gasteiger partial charge in [0.15, 0.2) is 0 Å². The zero-order valence-corrected chi connectivity index (χ0v) is 41.1. The van der Waals surface area contributed by atoms with Crippen molar-refractivity contribution in [3.05, 3.63) is 65.9 Å². The molecule has 0 saturated heterocycles. The zero-order chi connectivity index (χ0) is 54.4. The number of aliphatic carboxylic acids is 2. The minimum atomic E-state index is -1.84. The highest BCUT2D eigenvalue weighted by atomic mass is 16.4. The van der Waals surface area contributed by atoms with E-state index in [2.05, 4.69) is 42.2 Å². The maximum absolute atomic E-state index is 14.4. The summed E-state index contributed by atoms with van der Waals surface area (Å²) in [4.78, 5) is 123. The summed E-state index contributed by atoms with van der Waals surface area (Å²) in [5.74, 6) is -10.6. The molecule has 0 saturated carbocycles. The lowest BCUT2D eigenvalue weighted by atomic mass is 10.0. The van der Waals surface area contributed by atoms with E-state index in [9.17, 15) is 68.7 Å². The van der Waals surface area contributed by atoms with Crippen LogP contribution in [0.4, 0.5) is 0 Å². The van der Waals surface area contributed by atoms with Crippen molar-refractivity contribution in [3.63, 3.8) is 0 Å². The van der Waals surface area contributed by atoms with Crippen LogP contribution in [0, 0.1) is 5.92 Å². The van der Waals surface area contributed by atoms with E-state index >= 15 is 0 Å². The van der Waals surface area contributed by atoms with Crippen LogP contribution in [0.25, 0.3) is 10.9 Å². The lowest BCUT2D eigenvalue weighted by Gasteiger charge is -2.29. The summed E-state index contributed by atoms with van der Waals surface area (Å²) in [5.41, 5.74) is 18.6. The highest BCUT2D eigenvalue weighted by Gasteiger charge is 2.37. The first-order chi connectivity index (χ1) is 34.6. The number of carbonyl (C=O) groups excluding carboxylic acids is 7. The first-order valence-corrected chi connectivity index (χ1v) is 23.9. The van der Waals surface area contributed by atoms with Crippen LogP contribution in [0.2, 0.25) is 0 Å². The molecule has 3 aromatic rings. The van der Waals surface area contributed by atoms with E-state index in [1.165, 1.54) is 24.3 Å². The summed E-state index contributed by atoms with van der Waals surface area (Å²) in [6.07, 6.45) is 0.631. The third-order valence-electron chi connectivity index (χ3n) is 11.7. The number of aromatic amines is 1. The zero-order valence-electron chi connectivity index (χ0n) is 41.1. The van der Waals surface area contributed by atoms with Crippen molar-refractivity contribution in [1.29, 1.82) is 0 Å². The van der Waals surface area contributed by atoms with Gasteiger partial charge in [-0.3, -0.25) is 38.4 Å². The number of fused-ring (bicyclic) bond motifs is 1. The number of hydrogen-bond acceptors (Lipinski definition) is 15. The van der Waals surface area contributed by atoms with Gasteiger partial charge in [0.1, 0.15) is 48.0 Å². The quantitative estimate of drug-likeness (QED) is 0.0281. The number of hydrogen-bond donors (Lipinski definition) is 16. The van der Waals surface area contributed by atoms with Gasteiger partial charge in [0.2, 0.25) is 41.4 Å². The number of aromatic hydroxyl groups is 1. The number of amides is 7. The van der Waals surface area contributed by atoms with Crippen LogP contribution in [0.1, 0.15) is 76.8 Å². The number of aliphatic hydroxyl groups is 2. The third kappa shape index (κ3) is 19.4. The van der Waals surface area contributed by atoms with Gasteiger partial charge >= 0.3 is 11.9 Å². The number of phenolic OH excluding ortho intramolecular Hbond substituents is 1. The number of unbranched alkanes of at least 4 members (excludes halogenated alkanes) is 2. The number of nitrogens with one attached hydrogen (secondary N) is 8. The van der Waals surface area contributed by atoms with Gasteiger partial charge in [-0.2, -0.15) is 0 Å². The fourth-order valence-corrected chi connectivity index (χ4v) is 7.57. The fourth-order valence-electron chi connectivity index (χ4n) is 7.57. The summed E-state index contributed by atoms with van der Waals surface area (Å²) in [7, 11) is 0. The standard InChI is InChI=1S/C48H71N11O14/c1-25(2)39(46(70)53-33(48(72)73)13-7-9-19-50)58-47(71)40(26(3)61)59-45(69)37(24-60)57-43(67)35(21-28-23-52-32-12-5-4-10-30(28)32)56-42(66)34(20-27-14-16-29(62)17-15-27)55-44(68)36(22-38(63)64)54-41(65)31(51)11-6-8-18-49/h4-5,10,12,14-17,23,25-26,31,33-37,39-40,52,60-62H,6-9,11,13,18-22,24,49-51H2,1-3H3,(H,53,70)(H,54,65)(H,55,68)(H,56,66)(H,57,67)(H,58,71)(H,59,69)(H,63,64)(H,72,73)/t26-,31+,33+,34+,35+,36+,37+,39+,40+/m1/s1. The summed E-state index contributed by atoms with van der Waals surface area (Å²) in [5, 5.41) is 67.9. The molecule has 1 aromatic heterocycles. The molecule has 0 aliphatic carbocycles. The van der Waals surface area contributed by atoms with Gasteiger partial charge in [0.25, 0.3) is 0 Å². The Hall–Kier alpha value is -7.19. The molecule has 25 heteroatoms. The molecular weight excluding hydrogens is 955 g/mol. The molecule has 0 spiro atoms. The number of phenols is 1. The third-order valence-corrected chi connectivity index (χ3v) is 11.7. The van der Waals surface area contributed by atoms with E-state index in [1.807, 2.05) is 0 Å². The Bertz CT molecular complexity index is 2340. The summed E-state index contributed by atoms with van der Waals surface area (Å²) >= 11 is 0. The smallest absolute Gasteiger partial charge is 0.326 e. The SMILES string of the molecule is CC(C)[C@H](NC(=O)[C@@H](NC(=O)[C@H](CO)NC(=O)[C@H](Cc1c[nH]c2ccccc12)NC(=O)[C@H](Cc1ccc(O)cc1)NC(=O)[C@H](CC(=O)O)NC(=O)[C@@H](N)CCCCN)[C@@H](C)O)C(=O)N[C@@H](CCCCN)C(=O)O. The molecule has 73 heavy (non-hydrogen) atoms. The van der Waals surface area contributed by atoms with Crippen LogP contribution in [-0.2, 0) is 56.0 Å². The molecule has 3 rings (SSSR count). The molecule has 9 atom stereocenters. The number of aliphatic hydroxyl groups excluding tert-OH is 2. The average Bonchev–Trinajstić information content (AvgIpc) is 3.75. The predicted molar refractivity (Wildman–Crippen MR) is 265 cm³/mol. The van der Waals surface area contributed by atoms with Crippen molar-refractivity contribution in [3.8, 4) is 5.75 Å². The molecule has 7 amide bonds. The molecule has 1 heterocycles. The maximum atomic E-state index is 14.4. The minimum Gasteiger partial charge on any atom is -0.508 e. The molecular formula is C48H71N11O14. The molecule has 0 fully saturated rings. The van der Waals surface area contributed by atoms with Crippen molar-refractivity contribution in [2.24, 2.45) is 23.1 Å². The summed E-state index contributed by atoms with van der Waals surface area (Å²) in [6, 6.07) is 0.169. The molecule has 0 aliphatic heterocycles. The fraction of sp³-hybridized carbons (Fsp3) is 0.521. The number of aromatic nitrogens is 1. The van der Waals surface area contributed by atoms with Gasteiger partial charge < -0.3 is 84.9 Å². The number of carbonyl (C=O) groups is 9. The number of H-pyrrole nitrogens is 1. The normalized spacial score (nSPS) is 15.0. The summed E-state index contributed by atoms with van der Waals surface area (Å²) < 4.78 is 0. The Morgan fingerprint density at radius 2 is 1.10 bits per heavy atom. The van der Waals surface area contributed by atoms with Crippen molar-refractivity contribution in [1.82, 2.24) is 42.2 Å². The number of nitrogens with two attached hydrogens (primary N) is 3. The first kappa shape index (κ1) is 60.1. The lowest BCUT2D eigenvalue weighted by molar-refractivity contribution is -0.143. The highest BCUT2D eigenvalue weighted by molar-refractivity contribution is 5.99. The second-order valence-electron chi connectivity index (χ2n) is 18.0. The largest absolute Gasteiger partial charge is 0.508 e. The number of carboxylic acid groups (broad SMARTS) is 2. The number of benzene rings is 2. The Labute approximate surface area is 421 Å². The molecule has 402 valence electrons. The maximum Gasteiger partial charge on any atom is 0.326 e. The Morgan fingerprint density at radius 3 is 1.66 bits per heavy atom. The first-order valence-electron chi connectivity index (χ1n) is 23.9. The van der Waals surface area contributed by atoms with Crippen LogP contribution in [0.3, 0.4) is 0 Å². The topological polar surface area (TPSA) is 433 Å². The molecule has 19 N–H and O–H groups in total. The number of carboxylic acids is 2. The van der Waals surface area contributed by atoms with E-state index < -0.39 is 127 Å². The Kier molecular flexibility index (Phi) is 24.7. The molecule has 0 aliphatic rings. The van der Waals surface area contributed by atoms with Gasteiger partial charge in [0.05, 0.1) is 25.2 Å². The van der Waals surface area contributed by atoms with Crippen molar-refractivity contribution < 1.29 is 68.7 Å². The highest BCUT2D eigenvalue weighted by Crippen LogP contribution is 2.20. The Balaban J connectivity index is 1.93. The van der Waals surface area contributed by atoms with Gasteiger partial charge in [0, 0.05) is 29.9 Å². The molecule has 0 bridgehead atoms. The van der Waals surface area contributed by atoms with E-state index in [4.69, 9.17) is 17.2 Å². The van der Waals surface area contributed by atoms with Crippen molar-refractivity contribution >= 4 is 64.2 Å². The van der Waals surface area contributed by atoms with Crippen molar-refractivity contribution in [2.45, 2.75) is 133 Å². The number of para-hydroxylation sites is 1. The predicted octanol–water partition coefficient (Wildman–Crippen LogP) is -2.77. The van der Waals surface area contributed by atoms with Crippen LogP contribution in [0.5, 0.6) is 5.75 Å². The molecule has 0 unspecified atom stereocenters. The second kappa shape index (κ2) is 30.0. The van der Waals surface area contributed by atoms with Gasteiger partial charge in [-0.05, 0) is 87.4 Å². The van der Waals surface area contributed by atoms with E-state index in [1.54, 1.807) is 44.3 Å². The van der Waals surface area contributed by atoms with E-state index in [-0.39, 0.29) is 31.4 Å². The lowest BCUT2D eigenvalue weighted by Crippen LogP contribution is -2.63. The van der Waals surface area contributed by atoms with Crippen molar-refractivity contribution in [2.75, 3.05) is 19.7 Å². The average molecular weight is 1030 g/mol. The number of rotatable bonds is 32. The van der Waals surface area contributed by atoms with Crippen LogP contribution >= 0.6 is 0 Å². The Morgan fingerprint density at radius 1 is 0.589 bits per heavy atom.